The molecule has 0 spiro atoms. The Morgan fingerprint density at radius 1 is 1.33 bits per heavy atom. The molecule has 6 nitrogen and oxygen atoms in total. The third kappa shape index (κ3) is 4.16. The van der Waals surface area contributed by atoms with Crippen LogP contribution in [-0.4, -0.2) is 46.3 Å². The minimum absolute atomic E-state index is 0.00849. The predicted octanol–water partition coefficient (Wildman–Crippen LogP) is 2.91. The van der Waals surface area contributed by atoms with Gasteiger partial charge >= 0.3 is 5.97 Å². The van der Waals surface area contributed by atoms with E-state index in [1.807, 2.05) is 16.5 Å². The molecule has 0 aliphatic carbocycles. The van der Waals surface area contributed by atoms with Crippen molar-refractivity contribution in [1.82, 2.24) is 14.7 Å². The van der Waals surface area contributed by atoms with Crippen molar-refractivity contribution < 1.29 is 14.3 Å². The van der Waals surface area contributed by atoms with Gasteiger partial charge in [-0.1, -0.05) is 27.7 Å². The van der Waals surface area contributed by atoms with Gasteiger partial charge in [-0.2, -0.15) is 5.10 Å². The second-order valence-electron chi connectivity index (χ2n) is 7.57. The van der Waals surface area contributed by atoms with Crippen molar-refractivity contribution >= 4 is 11.9 Å². The summed E-state index contributed by atoms with van der Waals surface area (Å²) in [6.07, 6.45) is 5.01. The van der Waals surface area contributed by atoms with Gasteiger partial charge in [0.25, 0.3) is 0 Å². The zero-order valence-corrected chi connectivity index (χ0v) is 15.4. The molecular formula is C18H29N3O3. The zero-order valence-electron chi connectivity index (χ0n) is 15.4. The Hall–Kier alpha value is -1.85. The first-order chi connectivity index (χ1) is 11.2. The summed E-state index contributed by atoms with van der Waals surface area (Å²) in [7, 11) is 0. The molecule has 134 valence electrons. The zero-order chi connectivity index (χ0) is 17.9. The fourth-order valence-electron chi connectivity index (χ4n) is 2.85. The van der Waals surface area contributed by atoms with Gasteiger partial charge < -0.3 is 9.64 Å². The summed E-state index contributed by atoms with van der Waals surface area (Å²) >= 11 is 0. The van der Waals surface area contributed by atoms with Crippen molar-refractivity contribution in [2.24, 2.45) is 11.3 Å². The van der Waals surface area contributed by atoms with Gasteiger partial charge in [0, 0.05) is 25.2 Å². The van der Waals surface area contributed by atoms with Crippen LogP contribution >= 0.6 is 0 Å². The van der Waals surface area contributed by atoms with Crippen molar-refractivity contribution in [3.05, 3.63) is 18.0 Å². The molecule has 1 atom stereocenters. The van der Waals surface area contributed by atoms with Gasteiger partial charge in [0.2, 0.25) is 5.91 Å². The molecule has 0 bridgehead atoms. The van der Waals surface area contributed by atoms with Crippen LogP contribution in [0.1, 0.15) is 63.9 Å². The highest BCUT2D eigenvalue weighted by Crippen LogP contribution is 2.29. The number of hydrogen-bond donors (Lipinski definition) is 0. The highest BCUT2D eigenvalue weighted by Gasteiger charge is 2.32. The van der Waals surface area contributed by atoms with Gasteiger partial charge in [0.1, 0.15) is 0 Å². The Balaban J connectivity index is 1.93. The van der Waals surface area contributed by atoms with E-state index in [0.717, 1.165) is 25.9 Å². The maximum Gasteiger partial charge on any atom is 0.341 e. The van der Waals surface area contributed by atoms with E-state index >= 15 is 0 Å². The maximum atomic E-state index is 12.6. The fourth-order valence-corrected chi connectivity index (χ4v) is 2.85. The highest BCUT2D eigenvalue weighted by molar-refractivity contribution is 5.88. The first-order valence-electron chi connectivity index (χ1n) is 8.74. The van der Waals surface area contributed by atoms with E-state index in [1.165, 1.54) is 0 Å². The van der Waals surface area contributed by atoms with Crippen LogP contribution in [-0.2, 0) is 9.53 Å². The van der Waals surface area contributed by atoms with E-state index in [4.69, 9.17) is 4.74 Å². The molecule has 24 heavy (non-hydrogen) atoms. The molecule has 0 radical (unpaired) electrons. The molecule has 1 aliphatic rings. The van der Waals surface area contributed by atoms with Crippen LogP contribution in [0.5, 0.6) is 0 Å². The number of esters is 1. The quantitative estimate of drug-likeness (QED) is 0.794. The van der Waals surface area contributed by atoms with Crippen molar-refractivity contribution in [2.75, 3.05) is 19.7 Å². The number of amides is 1. The van der Waals surface area contributed by atoms with E-state index in [1.54, 1.807) is 19.3 Å². The highest BCUT2D eigenvalue weighted by atomic mass is 16.5. The first-order valence-corrected chi connectivity index (χ1v) is 8.74. The summed E-state index contributed by atoms with van der Waals surface area (Å²) in [4.78, 5) is 26.3. The lowest BCUT2D eigenvalue weighted by molar-refractivity contribution is -0.139. The second-order valence-corrected chi connectivity index (χ2v) is 7.57. The summed E-state index contributed by atoms with van der Waals surface area (Å²) in [5.74, 6) is -0.0989. The number of aromatic nitrogens is 2. The molecular weight excluding hydrogens is 306 g/mol. The van der Waals surface area contributed by atoms with Crippen LogP contribution in [0, 0.1) is 11.3 Å². The number of carbonyl (C=O) groups excluding carboxylic acids is 2. The Bertz CT molecular complexity index is 581. The Labute approximate surface area is 144 Å². The predicted molar refractivity (Wildman–Crippen MR) is 91.7 cm³/mol. The van der Waals surface area contributed by atoms with Crippen LogP contribution < -0.4 is 0 Å². The molecule has 0 unspecified atom stereocenters. The van der Waals surface area contributed by atoms with Crippen LogP contribution in [0.4, 0.5) is 0 Å². The third-order valence-electron chi connectivity index (χ3n) is 4.93. The number of nitrogens with zero attached hydrogens (tertiary/aromatic N) is 3. The van der Waals surface area contributed by atoms with Crippen molar-refractivity contribution in [2.45, 2.75) is 53.5 Å². The molecule has 1 aliphatic heterocycles. The Morgan fingerprint density at radius 3 is 2.50 bits per heavy atom. The first kappa shape index (κ1) is 18.5. The third-order valence-corrected chi connectivity index (χ3v) is 4.93. The van der Waals surface area contributed by atoms with Crippen LogP contribution in [0.25, 0.3) is 0 Å². The molecule has 1 amide bonds. The van der Waals surface area contributed by atoms with Crippen molar-refractivity contribution in [3.8, 4) is 0 Å². The molecule has 1 saturated heterocycles. The number of likely N-dealkylation sites (tertiary alicyclic amines) is 1. The minimum Gasteiger partial charge on any atom is -0.462 e. The molecule has 0 N–H and O–H groups in total. The Morgan fingerprint density at radius 2 is 1.96 bits per heavy atom. The molecule has 0 saturated carbocycles. The maximum absolute atomic E-state index is 12.6. The van der Waals surface area contributed by atoms with Crippen LogP contribution in [0.2, 0.25) is 0 Å². The van der Waals surface area contributed by atoms with E-state index in [0.29, 0.717) is 12.2 Å². The summed E-state index contributed by atoms with van der Waals surface area (Å²) < 4.78 is 6.82. The monoisotopic (exact) mass is 335 g/mol. The number of rotatable bonds is 4. The minimum atomic E-state index is -0.338. The average molecular weight is 335 g/mol. The van der Waals surface area contributed by atoms with Crippen LogP contribution in [0.15, 0.2) is 12.4 Å². The molecule has 2 rings (SSSR count). The van der Waals surface area contributed by atoms with Gasteiger partial charge in [-0.25, -0.2) is 4.79 Å². The summed E-state index contributed by atoms with van der Waals surface area (Å²) in [6, 6.07) is 0.224. The summed E-state index contributed by atoms with van der Waals surface area (Å²) in [5, 5.41) is 4.30. The molecule has 1 aromatic rings. The van der Waals surface area contributed by atoms with Gasteiger partial charge in [0.15, 0.2) is 0 Å². The lowest BCUT2D eigenvalue weighted by Gasteiger charge is -2.36. The number of carbonyl (C=O) groups is 2. The lowest BCUT2D eigenvalue weighted by atomic mass is 9.81. The lowest BCUT2D eigenvalue weighted by Crippen LogP contribution is -2.44. The largest absolute Gasteiger partial charge is 0.462 e. The van der Waals surface area contributed by atoms with E-state index in [2.05, 4.69) is 25.9 Å². The fraction of sp³-hybridized carbons (Fsp3) is 0.722. The van der Waals surface area contributed by atoms with Gasteiger partial charge in [-0.3, -0.25) is 9.48 Å². The number of ether oxygens (including phenoxy) is 1. The SMILES string of the molecule is CCOC(=O)c1cnn(C2CCN(C(=O)[C@@H](C)C(C)(C)C)CC2)c1. The Kier molecular flexibility index (Phi) is 5.67. The molecule has 1 fully saturated rings. The van der Waals surface area contributed by atoms with E-state index in [9.17, 15) is 9.59 Å². The molecule has 1 aromatic heterocycles. The standard InChI is InChI=1S/C18H29N3O3/c1-6-24-17(23)14-11-19-21(12-14)15-7-9-20(10-8-15)16(22)13(2)18(3,4)5/h11-13,15H,6-10H2,1-5H3/t13-/m1/s1. The van der Waals surface area contributed by atoms with Crippen LogP contribution in [0.3, 0.4) is 0 Å². The second kappa shape index (κ2) is 7.36. The summed E-state index contributed by atoms with van der Waals surface area (Å²) in [6.45, 7) is 11.9. The van der Waals surface area contributed by atoms with Crippen molar-refractivity contribution in [3.63, 3.8) is 0 Å². The van der Waals surface area contributed by atoms with E-state index < -0.39 is 0 Å². The molecule has 2 heterocycles. The average Bonchev–Trinajstić information content (AvgIpc) is 3.03. The molecule has 0 aromatic carbocycles. The van der Waals surface area contributed by atoms with Gasteiger partial charge in [-0.15, -0.1) is 0 Å². The topological polar surface area (TPSA) is 64.4 Å². The van der Waals surface area contributed by atoms with Gasteiger partial charge in [-0.05, 0) is 25.2 Å². The van der Waals surface area contributed by atoms with Gasteiger partial charge in [0.05, 0.1) is 24.4 Å². The number of piperidine rings is 1. The molecule has 6 heteroatoms. The van der Waals surface area contributed by atoms with Crippen molar-refractivity contribution in [1.29, 1.82) is 0 Å². The smallest absolute Gasteiger partial charge is 0.341 e. The van der Waals surface area contributed by atoms with E-state index in [-0.39, 0.29) is 29.3 Å². The summed E-state index contributed by atoms with van der Waals surface area (Å²) in [5.41, 5.74) is 0.460. The normalized spacial score (nSPS) is 17.6. The number of hydrogen-bond acceptors (Lipinski definition) is 4.